The van der Waals surface area contributed by atoms with Gasteiger partial charge >= 0.3 is 0 Å². The molecule has 2 atom stereocenters. The van der Waals surface area contributed by atoms with Gasteiger partial charge in [0.2, 0.25) is 0 Å². The molecule has 0 aromatic rings. The van der Waals surface area contributed by atoms with E-state index in [4.69, 9.17) is 9.47 Å². The first kappa shape index (κ1) is 21.2. The van der Waals surface area contributed by atoms with Crippen LogP contribution in [0.25, 0.3) is 0 Å². The van der Waals surface area contributed by atoms with Crippen molar-refractivity contribution in [2.24, 2.45) is 10.9 Å². The average molecular weight is 487 g/mol. The summed E-state index contributed by atoms with van der Waals surface area (Å²) in [6.07, 6.45) is 6.37. The van der Waals surface area contributed by atoms with Crippen LogP contribution in [0.15, 0.2) is 4.99 Å². The largest absolute Gasteiger partial charge is 0.356 e. The van der Waals surface area contributed by atoms with Gasteiger partial charge in [-0.3, -0.25) is 4.99 Å². The molecule has 3 aliphatic rings. The lowest BCUT2D eigenvalue weighted by Crippen LogP contribution is -2.44. The Hall–Kier alpha value is -0.130. The van der Waals surface area contributed by atoms with Crippen molar-refractivity contribution in [1.29, 1.82) is 0 Å². The second-order valence-electron chi connectivity index (χ2n) is 7.13. The zero-order valence-electron chi connectivity index (χ0n) is 14.8. The quantitative estimate of drug-likeness (QED) is 0.353. The first-order chi connectivity index (χ1) is 11.5. The summed E-state index contributed by atoms with van der Waals surface area (Å²) in [6.45, 7) is 1.89. The Labute approximate surface area is 167 Å². The molecule has 0 bridgehead atoms. The van der Waals surface area contributed by atoms with Crippen LogP contribution in [0.4, 0.5) is 0 Å². The fraction of sp³-hybridized carbons (Fsp3) is 0.938. The number of guanidine groups is 1. The molecule has 7 nitrogen and oxygen atoms in total. The fourth-order valence-electron chi connectivity index (χ4n) is 3.77. The van der Waals surface area contributed by atoms with E-state index < -0.39 is 9.84 Å². The van der Waals surface area contributed by atoms with Gasteiger partial charge < -0.3 is 20.1 Å². The van der Waals surface area contributed by atoms with Crippen LogP contribution in [0.2, 0.25) is 0 Å². The number of sulfone groups is 1. The van der Waals surface area contributed by atoms with E-state index in [1.807, 2.05) is 0 Å². The Kier molecular flexibility index (Phi) is 7.78. The maximum Gasteiger partial charge on any atom is 0.191 e. The molecular weight excluding hydrogens is 457 g/mol. The molecule has 9 heteroatoms. The number of nitrogens with zero attached hydrogens (tertiary/aromatic N) is 1. The van der Waals surface area contributed by atoms with Gasteiger partial charge in [-0.15, -0.1) is 24.0 Å². The van der Waals surface area contributed by atoms with E-state index in [1.54, 1.807) is 7.05 Å². The van der Waals surface area contributed by atoms with Crippen LogP contribution >= 0.6 is 24.0 Å². The summed E-state index contributed by atoms with van der Waals surface area (Å²) in [4.78, 5) is 4.20. The Morgan fingerprint density at radius 3 is 2.56 bits per heavy atom. The molecule has 2 unspecified atom stereocenters. The molecule has 146 valence electrons. The smallest absolute Gasteiger partial charge is 0.191 e. The average Bonchev–Trinajstić information content (AvgIpc) is 3.11. The molecule has 2 N–H and O–H groups in total. The van der Waals surface area contributed by atoms with Gasteiger partial charge in [-0.25, -0.2) is 8.42 Å². The number of rotatable bonds is 4. The Morgan fingerprint density at radius 2 is 1.92 bits per heavy atom. The van der Waals surface area contributed by atoms with Crippen LogP contribution in [0.5, 0.6) is 0 Å². The number of nitrogens with one attached hydrogen (secondary N) is 2. The SMILES string of the molecule is CN=C(NCC1CCS(=O)(=O)C1)NCC1COC2(CCCCC2)O1.I. The number of ether oxygens (including phenoxy) is 2. The minimum atomic E-state index is -2.83. The van der Waals surface area contributed by atoms with E-state index in [2.05, 4.69) is 15.6 Å². The standard InChI is InChI=1S/C16H29N3O4S.HI/c1-17-15(18-9-13-5-8-24(20,21)12-13)19-10-14-11-22-16(23-14)6-3-2-4-7-16;/h13-14H,2-12H2,1H3,(H2,17,18,19);1H. The zero-order chi connectivity index (χ0) is 17.0. The van der Waals surface area contributed by atoms with Crippen molar-refractivity contribution in [3.05, 3.63) is 0 Å². The van der Waals surface area contributed by atoms with Crippen LogP contribution < -0.4 is 10.6 Å². The Morgan fingerprint density at radius 1 is 1.20 bits per heavy atom. The van der Waals surface area contributed by atoms with Crippen molar-refractivity contribution in [3.63, 3.8) is 0 Å². The molecule has 1 spiro atoms. The molecule has 3 fully saturated rings. The highest BCUT2D eigenvalue weighted by Gasteiger charge is 2.42. The molecule has 2 saturated heterocycles. The molecule has 25 heavy (non-hydrogen) atoms. The highest BCUT2D eigenvalue weighted by atomic mass is 127. The lowest BCUT2D eigenvalue weighted by Gasteiger charge is -2.31. The van der Waals surface area contributed by atoms with Gasteiger partial charge in [0.25, 0.3) is 0 Å². The van der Waals surface area contributed by atoms with Crippen LogP contribution in [-0.4, -0.2) is 64.5 Å². The number of aliphatic imine (C=N–C) groups is 1. The van der Waals surface area contributed by atoms with E-state index in [9.17, 15) is 8.42 Å². The second kappa shape index (κ2) is 9.18. The van der Waals surface area contributed by atoms with Crippen molar-refractivity contribution < 1.29 is 17.9 Å². The molecule has 2 heterocycles. The summed E-state index contributed by atoms with van der Waals surface area (Å²) in [5, 5.41) is 6.48. The van der Waals surface area contributed by atoms with Gasteiger partial charge in [0.15, 0.2) is 21.6 Å². The molecule has 2 aliphatic heterocycles. The normalized spacial score (nSPS) is 30.8. The summed E-state index contributed by atoms with van der Waals surface area (Å²) in [5.41, 5.74) is 0. The maximum atomic E-state index is 11.5. The van der Waals surface area contributed by atoms with Crippen molar-refractivity contribution in [2.45, 2.75) is 50.4 Å². The van der Waals surface area contributed by atoms with Gasteiger partial charge in [-0.1, -0.05) is 6.42 Å². The molecular formula is C16H30IN3O4S. The Bertz CT molecular complexity index is 564. The molecule has 0 amide bonds. The first-order valence-corrected chi connectivity index (χ1v) is 10.8. The van der Waals surface area contributed by atoms with Crippen molar-refractivity contribution in [3.8, 4) is 0 Å². The Balaban J connectivity index is 0.00000225. The zero-order valence-corrected chi connectivity index (χ0v) is 18.0. The highest BCUT2D eigenvalue weighted by molar-refractivity contribution is 14.0. The van der Waals surface area contributed by atoms with E-state index in [-0.39, 0.29) is 47.5 Å². The molecule has 1 aliphatic carbocycles. The topological polar surface area (TPSA) is 89.0 Å². The molecule has 0 aromatic heterocycles. The van der Waals surface area contributed by atoms with Gasteiger partial charge in [-0.2, -0.15) is 0 Å². The van der Waals surface area contributed by atoms with E-state index in [0.717, 1.165) is 19.3 Å². The number of hydrogen-bond acceptors (Lipinski definition) is 5. The van der Waals surface area contributed by atoms with Crippen LogP contribution in [0, 0.1) is 5.92 Å². The maximum absolute atomic E-state index is 11.5. The number of hydrogen-bond donors (Lipinski definition) is 2. The number of halogens is 1. The monoisotopic (exact) mass is 487 g/mol. The van der Waals surface area contributed by atoms with Crippen LogP contribution in [-0.2, 0) is 19.3 Å². The highest BCUT2D eigenvalue weighted by Crippen LogP contribution is 2.37. The van der Waals surface area contributed by atoms with Gasteiger partial charge in [0.1, 0.15) is 6.10 Å². The van der Waals surface area contributed by atoms with Crippen molar-refractivity contribution in [2.75, 3.05) is 38.2 Å². The van der Waals surface area contributed by atoms with Gasteiger partial charge in [0, 0.05) is 33.0 Å². The van der Waals surface area contributed by atoms with Gasteiger partial charge in [0.05, 0.1) is 18.1 Å². The van der Waals surface area contributed by atoms with Gasteiger partial charge in [-0.05, 0) is 25.2 Å². The third kappa shape index (κ3) is 5.93. The van der Waals surface area contributed by atoms with Crippen molar-refractivity contribution >= 4 is 39.8 Å². The molecule has 0 aromatic carbocycles. The predicted octanol–water partition coefficient (Wildman–Crippen LogP) is 1.28. The molecule has 3 rings (SSSR count). The minimum absolute atomic E-state index is 0. The fourth-order valence-corrected chi connectivity index (χ4v) is 5.64. The van der Waals surface area contributed by atoms with E-state index in [1.165, 1.54) is 19.3 Å². The van der Waals surface area contributed by atoms with Crippen LogP contribution in [0.1, 0.15) is 38.5 Å². The minimum Gasteiger partial charge on any atom is -0.356 e. The summed E-state index contributed by atoms with van der Waals surface area (Å²) < 4.78 is 35.1. The van der Waals surface area contributed by atoms with Crippen molar-refractivity contribution in [1.82, 2.24) is 10.6 Å². The second-order valence-corrected chi connectivity index (χ2v) is 9.35. The predicted molar refractivity (Wildman–Crippen MR) is 108 cm³/mol. The summed E-state index contributed by atoms with van der Waals surface area (Å²) >= 11 is 0. The summed E-state index contributed by atoms with van der Waals surface area (Å²) in [6, 6.07) is 0. The summed E-state index contributed by atoms with van der Waals surface area (Å²) in [5.74, 6) is 1.09. The summed E-state index contributed by atoms with van der Waals surface area (Å²) in [7, 11) is -1.11. The third-order valence-electron chi connectivity index (χ3n) is 5.13. The van der Waals surface area contributed by atoms with Crippen LogP contribution in [0.3, 0.4) is 0 Å². The molecule has 0 radical (unpaired) electrons. The van der Waals surface area contributed by atoms with E-state index >= 15 is 0 Å². The first-order valence-electron chi connectivity index (χ1n) is 8.97. The molecule has 1 saturated carbocycles. The third-order valence-corrected chi connectivity index (χ3v) is 6.97. The lowest BCUT2D eigenvalue weighted by molar-refractivity contribution is -0.186. The lowest BCUT2D eigenvalue weighted by atomic mass is 9.94. The van der Waals surface area contributed by atoms with E-state index in [0.29, 0.717) is 31.4 Å².